The minimum Gasteiger partial charge on any atom is -0.471 e. The third kappa shape index (κ3) is 3.05. The van der Waals surface area contributed by atoms with E-state index in [2.05, 4.69) is 27.6 Å². The van der Waals surface area contributed by atoms with Crippen LogP contribution in [-0.2, 0) is 20.6 Å². The van der Waals surface area contributed by atoms with Crippen LogP contribution in [0.1, 0.15) is 5.56 Å². The molecule has 3 rings (SSSR count). The molecule has 0 saturated carbocycles. The van der Waals surface area contributed by atoms with E-state index in [-0.39, 0.29) is 12.5 Å². The number of fused-ring (bicyclic) bond motifs is 1. The predicted octanol–water partition coefficient (Wildman–Crippen LogP) is 1.81. The summed E-state index contributed by atoms with van der Waals surface area (Å²) in [6, 6.07) is 7.72. The van der Waals surface area contributed by atoms with Crippen molar-refractivity contribution in [3.63, 3.8) is 0 Å². The third-order valence-corrected chi connectivity index (χ3v) is 4.37. The molecule has 0 amide bonds. The van der Waals surface area contributed by atoms with Crippen molar-refractivity contribution in [2.75, 3.05) is 6.61 Å². The first kappa shape index (κ1) is 17.2. The van der Waals surface area contributed by atoms with E-state index >= 15 is 0 Å². The number of hydrogen-bond acceptors (Lipinski definition) is 4. The second-order valence-corrected chi connectivity index (χ2v) is 6.51. The highest BCUT2D eigenvalue weighted by Gasteiger charge is 2.20. The number of benzene rings is 1. The van der Waals surface area contributed by atoms with Crippen molar-refractivity contribution in [2.24, 2.45) is 14.1 Å². The van der Waals surface area contributed by atoms with E-state index in [9.17, 15) is 9.59 Å². The predicted molar refractivity (Wildman–Crippen MR) is 99.2 cm³/mol. The van der Waals surface area contributed by atoms with Crippen LogP contribution in [0.15, 0.2) is 51.0 Å². The Labute approximate surface area is 151 Å². The second-order valence-electron chi connectivity index (χ2n) is 5.60. The first-order valence-corrected chi connectivity index (χ1v) is 8.38. The Morgan fingerprint density at radius 3 is 2.68 bits per heavy atom. The molecule has 0 fully saturated rings. The molecule has 25 heavy (non-hydrogen) atoms. The molecular formula is C17H17BrN4O3. The van der Waals surface area contributed by atoms with Gasteiger partial charge in [-0.05, 0) is 17.7 Å². The van der Waals surface area contributed by atoms with Gasteiger partial charge in [-0.25, -0.2) is 9.48 Å². The van der Waals surface area contributed by atoms with Gasteiger partial charge < -0.3 is 4.74 Å². The van der Waals surface area contributed by atoms with Gasteiger partial charge in [-0.3, -0.25) is 13.9 Å². The molecule has 0 unspecified atom stereocenters. The van der Waals surface area contributed by atoms with E-state index < -0.39 is 11.2 Å². The molecule has 0 aliphatic heterocycles. The second kappa shape index (κ2) is 6.72. The van der Waals surface area contributed by atoms with Gasteiger partial charge in [0.2, 0.25) is 0 Å². The largest absolute Gasteiger partial charge is 0.471 e. The summed E-state index contributed by atoms with van der Waals surface area (Å²) in [5.74, 6) is 0.238. The van der Waals surface area contributed by atoms with Gasteiger partial charge >= 0.3 is 5.69 Å². The van der Waals surface area contributed by atoms with Crippen molar-refractivity contribution in [3.05, 3.63) is 67.8 Å². The molecule has 0 atom stereocenters. The molecular weight excluding hydrogens is 388 g/mol. The molecule has 8 heteroatoms. The molecule has 7 nitrogen and oxygen atoms in total. The van der Waals surface area contributed by atoms with Gasteiger partial charge in [0.1, 0.15) is 12.1 Å². The average Bonchev–Trinajstić information content (AvgIpc) is 2.94. The summed E-state index contributed by atoms with van der Waals surface area (Å²) < 4.78 is 10.5. The minimum absolute atomic E-state index is 0.229. The fourth-order valence-corrected chi connectivity index (χ4v) is 3.12. The Bertz CT molecular complexity index is 1080. The molecule has 2 aromatic heterocycles. The van der Waals surface area contributed by atoms with Crippen LogP contribution in [0, 0.1) is 0 Å². The quantitative estimate of drug-likeness (QED) is 0.608. The van der Waals surface area contributed by atoms with Gasteiger partial charge in [0, 0.05) is 18.6 Å². The Morgan fingerprint density at radius 1 is 1.24 bits per heavy atom. The normalized spacial score (nSPS) is 11.0. The molecule has 130 valence electrons. The number of rotatable bonds is 5. The van der Waals surface area contributed by atoms with Crippen LogP contribution in [0.2, 0.25) is 0 Å². The average molecular weight is 405 g/mol. The van der Waals surface area contributed by atoms with Gasteiger partial charge in [0.25, 0.3) is 11.4 Å². The SMILES string of the molecule is C=CCOc1nn(Cc2cccc(Br)c2)c2c(=O)n(C)c(=O)n(C)c12. The summed E-state index contributed by atoms with van der Waals surface area (Å²) >= 11 is 3.44. The van der Waals surface area contributed by atoms with E-state index in [0.29, 0.717) is 17.6 Å². The number of aryl methyl sites for hydroxylation is 1. The maximum Gasteiger partial charge on any atom is 0.331 e. The Hall–Kier alpha value is -2.61. The lowest BCUT2D eigenvalue weighted by atomic mass is 10.2. The van der Waals surface area contributed by atoms with Crippen LogP contribution in [0.4, 0.5) is 0 Å². The van der Waals surface area contributed by atoms with Crippen molar-refractivity contribution < 1.29 is 4.74 Å². The van der Waals surface area contributed by atoms with Crippen molar-refractivity contribution >= 4 is 27.0 Å². The van der Waals surface area contributed by atoms with Crippen LogP contribution >= 0.6 is 15.9 Å². The van der Waals surface area contributed by atoms with Crippen LogP contribution in [0.5, 0.6) is 5.88 Å². The fourth-order valence-electron chi connectivity index (χ4n) is 2.67. The van der Waals surface area contributed by atoms with Crippen LogP contribution in [0.3, 0.4) is 0 Å². The van der Waals surface area contributed by atoms with E-state index in [1.54, 1.807) is 17.8 Å². The van der Waals surface area contributed by atoms with E-state index in [4.69, 9.17) is 4.74 Å². The Balaban J connectivity index is 2.26. The summed E-state index contributed by atoms with van der Waals surface area (Å²) in [6.07, 6.45) is 1.58. The van der Waals surface area contributed by atoms with Crippen LogP contribution in [-0.4, -0.2) is 25.5 Å². The maximum absolute atomic E-state index is 12.7. The lowest BCUT2D eigenvalue weighted by Crippen LogP contribution is -2.37. The van der Waals surface area contributed by atoms with Crippen LogP contribution in [0.25, 0.3) is 11.0 Å². The number of hydrogen-bond donors (Lipinski definition) is 0. The first-order valence-electron chi connectivity index (χ1n) is 7.58. The zero-order chi connectivity index (χ0) is 18.1. The summed E-state index contributed by atoms with van der Waals surface area (Å²) in [7, 11) is 3.04. The Kier molecular flexibility index (Phi) is 4.63. The monoisotopic (exact) mass is 404 g/mol. The maximum atomic E-state index is 12.7. The number of ether oxygens (including phenoxy) is 1. The number of aromatic nitrogens is 4. The molecule has 3 aromatic rings. The van der Waals surface area contributed by atoms with Gasteiger partial charge in [-0.1, -0.05) is 40.7 Å². The summed E-state index contributed by atoms with van der Waals surface area (Å²) in [5.41, 5.74) is 0.829. The summed E-state index contributed by atoms with van der Waals surface area (Å²) in [4.78, 5) is 24.9. The zero-order valence-electron chi connectivity index (χ0n) is 13.9. The molecule has 0 N–H and O–H groups in total. The van der Waals surface area contributed by atoms with Crippen molar-refractivity contribution in [1.29, 1.82) is 0 Å². The highest BCUT2D eigenvalue weighted by Crippen LogP contribution is 2.22. The van der Waals surface area contributed by atoms with Gasteiger partial charge in [-0.2, -0.15) is 0 Å². The smallest absolute Gasteiger partial charge is 0.331 e. The van der Waals surface area contributed by atoms with Crippen molar-refractivity contribution in [1.82, 2.24) is 18.9 Å². The van der Waals surface area contributed by atoms with Gasteiger partial charge in [-0.15, -0.1) is 5.10 Å². The van der Waals surface area contributed by atoms with Gasteiger partial charge in [0.05, 0.1) is 6.54 Å². The summed E-state index contributed by atoms with van der Waals surface area (Å²) in [6.45, 7) is 4.22. The third-order valence-electron chi connectivity index (χ3n) is 3.87. The minimum atomic E-state index is -0.428. The molecule has 0 saturated heterocycles. The lowest BCUT2D eigenvalue weighted by molar-refractivity contribution is 0.345. The molecule has 0 bridgehead atoms. The molecule has 1 aromatic carbocycles. The van der Waals surface area contributed by atoms with Gasteiger partial charge in [0.15, 0.2) is 5.52 Å². The highest BCUT2D eigenvalue weighted by atomic mass is 79.9. The molecule has 0 spiro atoms. The molecule has 0 radical (unpaired) electrons. The molecule has 0 aliphatic carbocycles. The van der Waals surface area contributed by atoms with E-state index in [0.717, 1.165) is 14.6 Å². The highest BCUT2D eigenvalue weighted by molar-refractivity contribution is 9.10. The topological polar surface area (TPSA) is 71.1 Å². The van der Waals surface area contributed by atoms with Crippen molar-refractivity contribution in [2.45, 2.75) is 6.54 Å². The number of halogens is 1. The lowest BCUT2D eigenvalue weighted by Gasteiger charge is -2.06. The standard InChI is InChI=1S/C17H17BrN4O3/c1-4-8-25-15-13-14(16(23)21(3)17(24)20(13)2)22(19-15)10-11-6-5-7-12(18)9-11/h4-7,9H,1,8,10H2,2-3H3. The first-order chi connectivity index (χ1) is 11.9. The fraction of sp³-hybridized carbons (Fsp3) is 0.235. The van der Waals surface area contributed by atoms with Crippen molar-refractivity contribution in [3.8, 4) is 5.88 Å². The number of nitrogens with zero attached hydrogens (tertiary/aromatic N) is 4. The van der Waals surface area contributed by atoms with Crippen LogP contribution < -0.4 is 16.0 Å². The molecule has 2 heterocycles. The zero-order valence-corrected chi connectivity index (χ0v) is 15.5. The van der Waals surface area contributed by atoms with E-state index in [1.165, 1.54) is 11.6 Å². The molecule has 0 aliphatic rings. The Morgan fingerprint density at radius 2 is 2.00 bits per heavy atom. The van der Waals surface area contributed by atoms with E-state index in [1.807, 2.05) is 24.3 Å². The summed E-state index contributed by atoms with van der Waals surface area (Å²) in [5, 5.41) is 4.41.